The summed E-state index contributed by atoms with van der Waals surface area (Å²) < 4.78 is 29.1. The molecule has 2 aromatic carbocycles. The first kappa shape index (κ1) is 20.7. The van der Waals surface area contributed by atoms with Gasteiger partial charge in [0.1, 0.15) is 6.54 Å². The van der Waals surface area contributed by atoms with Gasteiger partial charge in [0.2, 0.25) is 5.91 Å². The van der Waals surface area contributed by atoms with E-state index >= 15 is 0 Å². The predicted molar refractivity (Wildman–Crippen MR) is 117 cm³/mol. The Balaban J connectivity index is 1.75. The van der Waals surface area contributed by atoms with Crippen LogP contribution >= 0.6 is 0 Å². The highest BCUT2D eigenvalue weighted by Crippen LogP contribution is 2.33. The summed E-state index contributed by atoms with van der Waals surface area (Å²) in [6.07, 6.45) is -2.69. The Bertz CT molecular complexity index is 1270. The molecule has 4 aromatic rings. The largest absolute Gasteiger partial charge is 0.324 e. The molecule has 1 N–H and O–H groups in total. The first-order valence-corrected chi connectivity index (χ1v) is 9.93. The fourth-order valence-electron chi connectivity index (χ4n) is 3.64. The van der Waals surface area contributed by atoms with Crippen LogP contribution in [-0.2, 0) is 11.3 Å². The molecular weight excluding hydrogens is 398 g/mol. The van der Waals surface area contributed by atoms with Crippen LogP contribution in [-0.4, -0.2) is 20.7 Å². The number of anilines is 1. The SMILES string of the molecule is Cc1cccc(NC(=O)Cn2nc(C)c3c(C(F)F)cc(-c4ccccc4)nc32)c1C. The Hall–Kier alpha value is -3.61. The molecule has 1 amide bonds. The molecule has 0 aliphatic rings. The molecule has 158 valence electrons. The fraction of sp³-hybridized carbons (Fsp3) is 0.208. The molecule has 2 aromatic heterocycles. The van der Waals surface area contributed by atoms with Gasteiger partial charge in [0, 0.05) is 16.8 Å². The van der Waals surface area contributed by atoms with Crippen molar-refractivity contribution < 1.29 is 13.6 Å². The van der Waals surface area contributed by atoms with Crippen molar-refractivity contribution in [2.45, 2.75) is 33.7 Å². The number of aromatic nitrogens is 3. The van der Waals surface area contributed by atoms with Crippen molar-refractivity contribution in [1.29, 1.82) is 0 Å². The molecule has 0 radical (unpaired) electrons. The van der Waals surface area contributed by atoms with E-state index in [1.165, 1.54) is 10.7 Å². The Morgan fingerprint density at radius 1 is 1.06 bits per heavy atom. The Morgan fingerprint density at radius 2 is 1.81 bits per heavy atom. The zero-order valence-corrected chi connectivity index (χ0v) is 17.5. The van der Waals surface area contributed by atoms with Gasteiger partial charge >= 0.3 is 0 Å². The van der Waals surface area contributed by atoms with Crippen LogP contribution in [0.1, 0.15) is 28.8 Å². The number of alkyl halides is 2. The summed E-state index contributed by atoms with van der Waals surface area (Å²) in [4.78, 5) is 17.3. The Morgan fingerprint density at radius 3 is 2.52 bits per heavy atom. The van der Waals surface area contributed by atoms with Crippen molar-refractivity contribution in [2.24, 2.45) is 0 Å². The Labute approximate surface area is 178 Å². The number of benzene rings is 2. The Kier molecular flexibility index (Phi) is 5.50. The second kappa shape index (κ2) is 8.26. The summed E-state index contributed by atoms with van der Waals surface area (Å²) in [5.74, 6) is -0.302. The van der Waals surface area contributed by atoms with Gasteiger partial charge in [-0.2, -0.15) is 5.10 Å². The molecule has 0 bridgehead atoms. The van der Waals surface area contributed by atoms with Crippen molar-refractivity contribution in [3.05, 3.63) is 77.0 Å². The highest BCUT2D eigenvalue weighted by Gasteiger charge is 2.22. The van der Waals surface area contributed by atoms with Crippen LogP contribution in [0.4, 0.5) is 14.5 Å². The lowest BCUT2D eigenvalue weighted by Gasteiger charge is -2.11. The number of carbonyl (C=O) groups is 1. The molecule has 0 fully saturated rings. The number of nitrogens with zero attached hydrogens (tertiary/aromatic N) is 3. The van der Waals surface area contributed by atoms with Gasteiger partial charge in [0.15, 0.2) is 5.65 Å². The standard InChI is InChI=1S/C24H22F2N4O/c1-14-8-7-11-19(15(14)2)27-21(31)13-30-24-22(16(3)29-30)18(23(25)26)12-20(28-24)17-9-5-4-6-10-17/h4-12,23H,13H2,1-3H3,(H,27,31). The maximum absolute atomic E-state index is 13.9. The molecule has 0 unspecified atom stereocenters. The van der Waals surface area contributed by atoms with Crippen LogP contribution in [0.3, 0.4) is 0 Å². The summed E-state index contributed by atoms with van der Waals surface area (Å²) in [6.45, 7) is 5.42. The maximum atomic E-state index is 13.9. The number of carbonyl (C=O) groups excluding carboxylic acids is 1. The quantitative estimate of drug-likeness (QED) is 0.457. The van der Waals surface area contributed by atoms with E-state index in [1.54, 1.807) is 6.92 Å². The zero-order valence-electron chi connectivity index (χ0n) is 17.5. The highest BCUT2D eigenvalue weighted by atomic mass is 19.3. The predicted octanol–water partition coefficient (Wildman–Crippen LogP) is 5.60. The molecule has 2 heterocycles. The van der Waals surface area contributed by atoms with E-state index in [2.05, 4.69) is 15.4 Å². The lowest BCUT2D eigenvalue weighted by molar-refractivity contribution is -0.116. The summed E-state index contributed by atoms with van der Waals surface area (Å²) >= 11 is 0. The molecule has 7 heteroatoms. The molecule has 0 saturated heterocycles. The smallest absolute Gasteiger partial charge is 0.264 e. The third-order valence-electron chi connectivity index (χ3n) is 5.38. The summed E-state index contributed by atoms with van der Waals surface area (Å²) in [5, 5.41) is 7.52. The van der Waals surface area contributed by atoms with E-state index in [-0.39, 0.29) is 29.0 Å². The molecule has 0 aliphatic heterocycles. The number of halogens is 2. The number of fused-ring (bicyclic) bond motifs is 1. The number of nitrogens with one attached hydrogen (secondary N) is 1. The minimum absolute atomic E-state index is 0.133. The summed E-state index contributed by atoms with van der Waals surface area (Å²) in [5.41, 5.74) is 4.43. The van der Waals surface area contributed by atoms with E-state index in [0.717, 1.165) is 16.7 Å². The lowest BCUT2D eigenvalue weighted by Crippen LogP contribution is -2.20. The van der Waals surface area contributed by atoms with Gasteiger partial charge in [-0.3, -0.25) is 4.79 Å². The minimum atomic E-state index is -2.69. The van der Waals surface area contributed by atoms with Gasteiger partial charge in [-0.15, -0.1) is 0 Å². The number of aryl methyl sites for hydroxylation is 2. The number of amides is 1. The van der Waals surface area contributed by atoms with Crippen LogP contribution in [0, 0.1) is 20.8 Å². The first-order chi connectivity index (χ1) is 14.8. The van der Waals surface area contributed by atoms with Gasteiger partial charge in [-0.1, -0.05) is 42.5 Å². The van der Waals surface area contributed by atoms with Gasteiger partial charge in [0.25, 0.3) is 6.43 Å². The average molecular weight is 420 g/mol. The molecule has 31 heavy (non-hydrogen) atoms. The van der Waals surface area contributed by atoms with Gasteiger partial charge in [-0.05, 0) is 44.0 Å². The minimum Gasteiger partial charge on any atom is -0.324 e. The van der Waals surface area contributed by atoms with Crippen molar-refractivity contribution >= 4 is 22.6 Å². The number of pyridine rings is 1. The van der Waals surface area contributed by atoms with Gasteiger partial charge in [0.05, 0.1) is 16.8 Å². The number of hydrogen-bond acceptors (Lipinski definition) is 3. The van der Waals surface area contributed by atoms with Crippen LogP contribution < -0.4 is 5.32 Å². The average Bonchev–Trinajstić information content (AvgIpc) is 3.06. The first-order valence-electron chi connectivity index (χ1n) is 9.93. The number of hydrogen-bond donors (Lipinski definition) is 1. The van der Waals surface area contributed by atoms with Crippen LogP contribution in [0.25, 0.3) is 22.3 Å². The molecule has 0 spiro atoms. The maximum Gasteiger partial charge on any atom is 0.264 e. The number of rotatable bonds is 5. The second-order valence-corrected chi connectivity index (χ2v) is 7.50. The topological polar surface area (TPSA) is 59.8 Å². The van der Waals surface area contributed by atoms with E-state index in [4.69, 9.17) is 0 Å². The third-order valence-corrected chi connectivity index (χ3v) is 5.38. The summed E-state index contributed by atoms with van der Waals surface area (Å²) in [7, 11) is 0. The van der Waals surface area contributed by atoms with Crippen molar-refractivity contribution in [1.82, 2.24) is 14.8 Å². The van der Waals surface area contributed by atoms with E-state index in [1.807, 2.05) is 62.4 Å². The summed E-state index contributed by atoms with van der Waals surface area (Å²) in [6, 6.07) is 16.2. The van der Waals surface area contributed by atoms with Gasteiger partial charge in [-0.25, -0.2) is 18.4 Å². The van der Waals surface area contributed by atoms with Crippen LogP contribution in [0.2, 0.25) is 0 Å². The molecule has 5 nitrogen and oxygen atoms in total. The molecule has 0 aliphatic carbocycles. The van der Waals surface area contributed by atoms with Crippen molar-refractivity contribution in [2.75, 3.05) is 5.32 Å². The van der Waals surface area contributed by atoms with Crippen LogP contribution in [0.15, 0.2) is 54.6 Å². The van der Waals surface area contributed by atoms with Crippen molar-refractivity contribution in [3.8, 4) is 11.3 Å². The monoisotopic (exact) mass is 420 g/mol. The molecular formula is C24H22F2N4O. The lowest BCUT2D eigenvalue weighted by atomic mass is 10.1. The zero-order chi connectivity index (χ0) is 22.1. The molecule has 0 saturated carbocycles. The normalized spacial score (nSPS) is 11.3. The second-order valence-electron chi connectivity index (χ2n) is 7.50. The van der Waals surface area contributed by atoms with Gasteiger partial charge < -0.3 is 5.32 Å². The molecule has 4 rings (SSSR count). The fourth-order valence-corrected chi connectivity index (χ4v) is 3.64. The van der Waals surface area contributed by atoms with E-state index in [0.29, 0.717) is 17.1 Å². The van der Waals surface area contributed by atoms with E-state index < -0.39 is 6.43 Å². The van der Waals surface area contributed by atoms with Crippen molar-refractivity contribution in [3.63, 3.8) is 0 Å². The highest BCUT2D eigenvalue weighted by molar-refractivity contribution is 5.93. The third kappa shape index (κ3) is 4.03. The molecule has 0 atom stereocenters. The van der Waals surface area contributed by atoms with E-state index in [9.17, 15) is 13.6 Å². The van der Waals surface area contributed by atoms with Crippen LogP contribution in [0.5, 0.6) is 0 Å².